The monoisotopic (exact) mass is 329 g/mol. The second-order valence-corrected chi connectivity index (χ2v) is 5.95. The van der Waals surface area contributed by atoms with Crippen LogP contribution in [0.3, 0.4) is 0 Å². The van der Waals surface area contributed by atoms with Crippen molar-refractivity contribution in [1.29, 1.82) is 0 Å². The van der Waals surface area contributed by atoms with E-state index >= 15 is 0 Å². The van der Waals surface area contributed by atoms with Crippen LogP contribution in [0.25, 0.3) is 0 Å². The molecule has 0 spiro atoms. The molecule has 1 aromatic rings. The quantitative estimate of drug-likeness (QED) is 0.814. The lowest BCUT2D eigenvalue weighted by Crippen LogP contribution is -2.46. The van der Waals surface area contributed by atoms with Crippen LogP contribution in [0.2, 0.25) is 0 Å². The minimum Gasteiger partial charge on any atom is -0.496 e. The number of methoxy groups -OCH3 is 1. The number of ether oxygens (including phenoxy) is 1. The number of hydrogen-bond donors (Lipinski definition) is 1. The SMILES string of the molecule is COc1ccc(C(=O)CN(C)C(C)(C)CO)cc1Br. The zero-order valence-corrected chi connectivity index (χ0v) is 13.3. The van der Waals surface area contributed by atoms with Gasteiger partial charge in [-0.25, -0.2) is 0 Å². The second kappa shape index (κ2) is 6.50. The molecule has 0 aliphatic heterocycles. The van der Waals surface area contributed by atoms with E-state index < -0.39 is 5.54 Å². The van der Waals surface area contributed by atoms with Crippen molar-refractivity contribution in [3.8, 4) is 5.75 Å². The summed E-state index contributed by atoms with van der Waals surface area (Å²) >= 11 is 3.36. The number of aliphatic hydroxyl groups excluding tert-OH is 1. The van der Waals surface area contributed by atoms with Crippen molar-refractivity contribution >= 4 is 21.7 Å². The lowest BCUT2D eigenvalue weighted by Gasteiger charge is -2.33. The number of carbonyl (C=O) groups excluding carboxylic acids is 1. The van der Waals surface area contributed by atoms with Gasteiger partial charge in [0.2, 0.25) is 0 Å². The predicted molar refractivity (Wildman–Crippen MR) is 78.8 cm³/mol. The van der Waals surface area contributed by atoms with E-state index in [1.807, 2.05) is 25.8 Å². The minimum atomic E-state index is -0.417. The van der Waals surface area contributed by atoms with Gasteiger partial charge in [-0.05, 0) is 55.0 Å². The van der Waals surface area contributed by atoms with Crippen LogP contribution in [0.15, 0.2) is 22.7 Å². The first kappa shape index (κ1) is 16.1. The molecule has 0 fully saturated rings. The molecule has 0 unspecified atom stereocenters. The number of rotatable bonds is 6. The molecule has 0 aliphatic carbocycles. The van der Waals surface area contributed by atoms with Gasteiger partial charge in [0.15, 0.2) is 5.78 Å². The molecule has 1 rings (SSSR count). The minimum absolute atomic E-state index is 0.00306. The molecular weight excluding hydrogens is 310 g/mol. The highest BCUT2D eigenvalue weighted by Gasteiger charge is 2.24. The maximum absolute atomic E-state index is 12.2. The second-order valence-electron chi connectivity index (χ2n) is 5.10. The molecule has 0 heterocycles. The summed E-state index contributed by atoms with van der Waals surface area (Å²) in [5.41, 5.74) is 0.201. The fourth-order valence-corrected chi connectivity index (χ4v) is 2.02. The van der Waals surface area contributed by atoms with Crippen LogP contribution in [0.5, 0.6) is 5.75 Å². The molecule has 19 heavy (non-hydrogen) atoms. The van der Waals surface area contributed by atoms with Crippen molar-refractivity contribution in [3.05, 3.63) is 28.2 Å². The van der Waals surface area contributed by atoms with Crippen molar-refractivity contribution in [1.82, 2.24) is 4.90 Å². The molecule has 0 aliphatic rings. The first-order valence-corrected chi connectivity index (χ1v) is 6.80. The Morgan fingerprint density at radius 3 is 2.58 bits per heavy atom. The van der Waals surface area contributed by atoms with Crippen LogP contribution >= 0.6 is 15.9 Å². The summed E-state index contributed by atoms with van der Waals surface area (Å²) in [7, 11) is 3.41. The summed E-state index contributed by atoms with van der Waals surface area (Å²) in [5, 5.41) is 9.28. The maximum atomic E-state index is 12.2. The Balaban J connectivity index is 2.82. The Morgan fingerprint density at radius 1 is 1.47 bits per heavy atom. The van der Waals surface area contributed by atoms with Gasteiger partial charge < -0.3 is 9.84 Å². The van der Waals surface area contributed by atoms with E-state index in [-0.39, 0.29) is 18.9 Å². The number of benzene rings is 1. The molecule has 0 aromatic heterocycles. The fourth-order valence-electron chi connectivity index (χ4n) is 1.48. The van der Waals surface area contributed by atoms with Gasteiger partial charge in [-0.15, -0.1) is 0 Å². The molecule has 0 saturated carbocycles. The molecule has 106 valence electrons. The third kappa shape index (κ3) is 4.03. The van der Waals surface area contributed by atoms with E-state index in [1.54, 1.807) is 25.3 Å². The van der Waals surface area contributed by atoms with Gasteiger partial charge in [0.1, 0.15) is 5.75 Å². The van der Waals surface area contributed by atoms with Crippen LogP contribution in [0.4, 0.5) is 0 Å². The zero-order chi connectivity index (χ0) is 14.6. The van der Waals surface area contributed by atoms with E-state index in [0.717, 1.165) is 4.47 Å². The molecule has 4 nitrogen and oxygen atoms in total. The molecule has 0 bridgehead atoms. The highest BCUT2D eigenvalue weighted by atomic mass is 79.9. The summed E-state index contributed by atoms with van der Waals surface area (Å²) in [6, 6.07) is 5.25. The molecular formula is C14H20BrNO3. The Morgan fingerprint density at radius 2 is 2.11 bits per heavy atom. The Labute approximate surface area is 122 Å². The highest BCUT2D eigenvalue weighted by molar-refractivity contribution is 9.10. The normalized spacial score (nSPS) is 11.7. The van der Waals surface area contributed by atoms with Crippen molar-refractivity contribution in [2.75, 3.05) is 27.3 Å². The van der Waals surface area contributed by atoms with Gasteiger partial charge in [-0.1, -0.05) is 0 Å². The zero-order valence-electron chi connectivity index (χ0n) is 11.7. The first-order valence-electron chi connectivity index (χ1n) is 6.00. The summed E-state index contributed by atoms with van der Waals surface area (Å²) in [5.74, 6) is 0.702. The third-order valence-electron chi connectivity index (χ3n) is 3.27. The fraction of sp³-hybridized carbons (Fsp3) is 0.500. The lowest BCUT2D eigenvalue weighted by molar-refractivity contribution is 0.0659. The van der Waals surface area contributed by atoms with Gasteiger partial charge in [0, 0.05) is 11.1 Å². The van der Waals surface area contributed by atoms with Crippen molar-refractivity contribution < 1.29 is 14.6 Å². The Bertz CT molecular complexity index is 460. The maximum Gasteiger partial charge on any atom is 0.176 e. The molecule has 1 N–H and O–H groups in total. The summed E-state index contributed by atoms with van der Waals surface area (Å²) in [4.78, 5) is 14.0. The molecule has 0 saturated heterocycles. The van der Waals surface area contributed by atoms with Gasteiger partial charge in [0.05, 0.1) is 24.7 Å². The van der Waals surface area contributed by atoms with Crippen molar-refractivity contribution in [2.24, 2.45) is 0 Å². The number of halogens is 1. The van der Waals surface area contributed by atoms with E-state index in [1.165, 1.54) is 0 Å². The smallest absolute Gasteiger partial charge is 0.176 e. The Hall–Kier alpha value is -0.910. The van der Waals surface area contributed by atoms with Crippen molar-refractivity contribution in [2.45, 2.75) is 19.4 Å². The third-order valence-corrected chi connectivity index (χ3v) is 3.89. The van der Waals surface area contributed by atoms with Crippen LogP contribution in [0.1, 0.15) is 24.2 Å². The van der Waals surface area contributed by atoms with Gasteiger partial charge in [-0.3, -0.25) is 9.69 Å². The Kier molecular flexibility index (Phi) is 5.52. The van der Waals surface area contributed by atoms with Crippen molar-refractivity contribution in [3.63, 3.8) is 0 Å². The van der Waals surface area contributed by atoms with E-state index in [2.05, 4.69) is 15.9 Å². The number of aliphatic hydroxyl groups is 1. The topological polar surface area (TPSA) is 49.8 Å². The van der Waals surface area contributed by atoms with Crippen LogP contribution in [0, 0.1) is 0 Å². The molecule has 0 amide bonds. The van der Waals surface area contributed by atoms with Gasteiger partial charge >= 0.3 is 0 Å². The molecule has 5 heteroatoms. The molecule has 0 radical (unpaired) electrons. The molecule has 1 aromatic carbocycles. The number of carbonyl (C=O) groups is 1. The average Bonchev–Trinajstić information content (AvgIpc) is 2.38. The number of nitrogens with zero attached hydrogens (tertiary/aromatic N) is 1. The first-order chi connectivity index (χ1) is 8.81. The number of Topliss-reactive ketones (excluding diaryl/α,β-unsaturated/α-hetero) is 1. The highest BCUT2D eigenvalue weighted by Crippen LogP contribution is 2.26. The number of hydrogen-bond acceptors (Lipinski definition) is 4. The lowest BCUT2D eigenvalue weighted by atomic mass is 10.0. The van der Waals surface area contributed by atoms with Crippen LogP contribution in [-0.2, 0) is 0 Å². The van der Waals surface area contributed by atoms with E-state index in [9.17, 15) is 9.90 Å². The van der Waals surface area contributed by atoms with Gasteiger partial charge in [0.25, 0.3) is 0 Å². The summed E-state index contributed by atoms with van der Waals surface area (Å²) in [6.07, 6.45) is 0. The summed E-state index contributed by atoms with van der Waals surface area (Å²) in [6.45, 7) is 4.05. The molecule has 0 atom stereocenters. The number of ketones is 1. The van der Waals surface area contributed by atoms with E-state index in [0.29, 0.717) is 11.3 Å². The number of likely N-dealkylation sites (N-methyl/N-ethyl adjacent to an activating group) is 1. The largest absolute Gasteiger partial charge is 0.496 e. The standard InChI is InChI=1S/C14H20BrNO3/c1-14(2,9-17)16(3)8-12(18)10-5-6-13(19-4)11(15)7-10/h5-7,17H,8-9H2,1-4H3. The van der Waals surface area contributed by atoms with Gasteiger partial charge in [-0.2, -0.15) is 0 Å². The summed E-state index contributed by atoms with van der Waals surface area (Å²) < 4.78 is 5.89. The van der Waals surface area contributed by atoms with Crippen LogP contribution < -0.4 is 4.74 Å². The van der Waals surface area contributed by atoms with E-state index in [4.69, 9.17) is 4.74 Å². The average molecular weight is 330 g/mol. The van der Waals surface area contributed by atoms with Crippen LogP contribution in [-0.4, -0.2) is 48.6 Å². The predicted octanol–water partition coefficient (Wildman–Crippen LogP) is 2.34.